The summed E-state index contributed by atoms with van der Waals surface area (Å²) in [5, 5.41) is 2.87. The van der Waals surface area contributed by atoms with Gasteiger partial charge >= 0.3 is 6.03 Å². The number of carbonyl (C=O) groups excluding carboxylic acids is 1. The molecule has 1 amide bonds. The summed E-state index contributed by atoms with van der Waals surface area (Å²) < 4.78 is 23.8. The van der Waals surface area contributed by atoms with Crippen molar-refractivity contribution in [3.8, 4) is 11.4 Å². The maximum Gasteiger partial charge on any atom is 0.345 e. The lowest BCUT2D eigenvalue weighted by Gasteiger charge is -2.17. The van der Waals surface area contributed by atoms with Crippen LogP contribution < -0.4 is 0 Å². The third-order valence-corrected chi connectivity index (χ3v) is 4.54. The highest BCUT2D eigenvalue weighted by Gasteiger charge is 2.19. The van der Waals surface area contributed by atoms with E-state index >= 15 is 0 Å². The molecule has 0 atom stereocenters. The molecule has 0 aliphatic heterocycles. The number of aromatic amines is 1. The Morgan fingerprint density at radius 3 is 2.46 bits per heavy atom. The molecule has 0 bridgehead atoms. The summed E-state index contributed by atoms with van der Waals surface area (Å²) in [4.78, 5) is 18.3. The molecule has 1 aromatic carbocycles. The van der Waals surface area contributed by atoms with Gasteiger partial charge in [0.2, 0.25) is 0 Å². The molecule has 1 aromatic heterocycles. The van der Waals surface area contributed by atoms with Crippen LogP contribution >= 0.6 is 0 Å². The van der Waals surface area contributed by atoms with Gasteiger partial charge in [-0.15, -0.1) is 0 Å². The molecular formula is C16H22N4O3S. The summed E-state index contributed by atoms with van der Waals surface area (Å²) in [6.45, 7) is 8.58. The standard InChI is InChI=1S/C16H22N4O3S/c1-5-12-10-8-9-11(4)13(12)14-17-15(24(22)23)20(18-14)16(21)19(6-2)7-3/h8-10H,5-7H2,1-4H3,(H,17,18). The van der Waals surface area contributed by atoms with Crippen LogP contribution in [0.4, 0.5) is 4.79 Å². The van der Waals surface area contributed by atoms with Crippen LogP contribution in [0.25, 0.3) is 11.4 Å². The first kappa shape index (κ1) is 18.0. The van der Waals surface area contributed by atoms with Crippen LogP contribution in [0.1, 0.15) is 31.9 Å². The van der Waals surface area contributed by atoms with E-state index in [4.69, 9.17) is 0 Å². The molecule has 8 heteroatoms. The van der Waals surface area contributed by atoms with Gasteiger partial charge in [-0.3, -0.25) is 5.10 Å². The zero-order valence-corrected chi connectivity index (χ0v) is 15.1. The Balaban J connectivity index is 2.73. The van der Waals surface area contributed by atoms with Crippen molar-refractivity contribution >= 4 is 16.3 Å². The third kappa shape index (κ3) is 3.28. The molecule has 0 saturated heterocycles. The molecule has 2 rings (SSSR count). The van der Waals surface area contributed by atoms with Gasteiger partial charge in [-0.1, -0.05) is 25.1 Å². The minimum absolute atomic E-state index is 0.313. The monoisotopic (exact) mass is 350 g/mol. The zero-order chi connectivity index (χ0) is 17.9. The number of rotatable bonds is 4. The molecule has 0 unspecified atom stereocenters. The van der Waals surface area contributed by atoms with Crippen LogP contribution in [0, 0.1) is 11.7 Å². The van der Waals surface area contributed by atoms with E-state index in [0.29, 0.717) is 18.9 Å². The van der Waals surface area contributed by atoms with E-state index in [0.717, 1.165) is 27.8 Å². The molecule has 2 aromatic rings. The molecule has 0 radical (unpaired) electrons. The van der Waals surface area contributed by atoms with Crippen LogP contribution in [0.3, 0.4) is 0 Å². The Bertz CT molecular complexity index is 913. The number of amides is 1. The molecule has 0 aliphatic carbocycles. The van der Waals surface area contributed by atoms with Gasteiger partial charge in [0.25, 0.3) is 15.1 Å². The number of nitrogens with zero attached hydrogens (tertiary/aromatic N) is 3. The summed E-state index contributed by atoms with van der Waals surface area (Å²) in [5.74, 6) is 0.379. The lowest BCUT2D eigenvalue weighted by Crippen LogP contribution is -2.35. The molecule has 0 aliphatic rings. The van der Waals surface area contributed by atoms with Crippen molar-refractivity contribution in [2.75, 3.05) is 13.1 Å². The van der Waals surface area contributed by atoms with Gasteiger partial charge in [-0.05, 0) is 38.3 Å². The van der Waals surface area contributed by atoms with E-state index in [9.17, 15) is 13.2 Å². The average molecular weight is 350 g/mol. The van der Waals surface area contributed by atoms with E-state index < -0.39 is 16.3 Å². The SMILES string of the molecule is CCc1cccc(C)c1-c1nc(=S(=O)=O)n(C(=O)N(CC)CC)[nH]1. The fourth-order valence-corrected chi connectivity index (χ4v) is 3.11. The van der Waals surface area contributed by atoms with E-state index in [1.54, 1.807) is 0 Å². The van der Waals surface area contributed by atoms with Crippen LogP contribution in [0.5, 0.6) is 0 Å². The molecule has 0 fully saturated rings. The van der Waals surface area contributed by atoms with Crippen LogP contribution in [-0.4, -0.2) is 47.2 Å². The van der Waals surface area contributed by atoms with Gasteiger partial charge in [0.15, 0.2) is 5.82 Å². The fraction of sp³-hybridized carbons (Fsp3) is 0.438. The fourth-order valence-electron chi connectivity index (χ4n) is 2.68. The van der Waals surface area contributed by atoms with Crippen molar-refractivity contribution in [1.82, 2.24) is 19.7 Å². The maximum atomic E-state index is 12.6. The van der Waals surface area contributed by atoms with Crippen molar-refractivity contribution < 1.29 is 13.2 Å². The molecule has 0 spiro atoms. The van der Waals surface area contributed by atoms with Gasteiger partial charge < -0.3 is 4.90 Å². The number of nitrogens with one attached hydrogen (secondary N) is 1. The highest BCUT2D eigenvalue weighted by molar-refractivity contribution is 7.63. The minimum Gasteiger partial charge on any atom is -0.323 e. The van der Waals surface area contributed by atoms with Crippen molar-refractivity contribution in [3.05, 3.63) is 34.1 Å². The normalized spacial score (nSPS) is 10.7. The van der Waals surface area contributed by atoms with E-state index in [1.165, 1.54) is 4.90 Å². The first-order valence-corrected chi connectivity index (χ1v) is 9.01. The lowest BCUT2D eigenvalue weighted by atomic mass is 10.00. The number of benzene rings is 1. The summed E-state index contributed by atoms with van der Waals surface area (Å²) >= 11 is 0. The maximum absolute atomic E-state index is 12.6. The second-order valence-corrected chi connectivity index (χ2v) is 6.18. The Morgan fingerprint density at radius 2 is 1.92 bits per heavy atom. The Hall–Kier alpha value is -2.35. The highest BCUT2D eigenvalue weighted by Crippen LogP contribution is 2.25. The molecule has 24 heavy (non-hydrogen) atoms. The van der Waals surface area contributed by atoms with Crippen molar-refractivity contribution in [2.45, 2.75) is 34.1 Å². The quantitative estimate of drug-likeness (QED) is 0.858. The molecule has 1 heterocycles. The van der Waals surface area contributed by atoms with Gasteiger partial charge in [0, 0.05) is 18.7 Å². The first-order chi connectivity index (χ1) is 11.4. The number of aromatic nitrogens is 3. The average Bonchev–Trinajstić information content (AvgIpc) is 3.00. The van der Waals surface area contributed by atoms with Gasteiger partial charge in [0.05, 0.1) is 0 Å². The zero-order valence-electron chi connectivity index (χ0n) is 14.3. The molecule has 0 saturated carbocycles. The number of hydrogen-bond acceptors (Lipinski definition) is 4. The highest BCUT2D eigenvalue weighted by atomic mass is 32.2. The predicted molar refractivity (Wildman–Crippen MR) is 92.0 cm³/mol. The Kier molecular flexibility index (Phi) is 5.61. The van der Waals surface area contributed by atoms with E-state index in [-0.39, 0.29) is 4.77 Å². The van der Waals surface area contributed by atoms with Gasteiger partial charge in [-0.25, -0.2) is 4.79 Å². The molecular weight excluding hydrogens is 328 g/mol. The second kappa shape index (κ2) is 7.48. The summed E-state index contributed by atoms with van der Waals surface area (Å²) in [7, 11) is -2.63. The first-order valence-electron chi connectivity index (χ1n) is 7.93. The van der Waals surface area contributed by atoms with Gasteiger partial charge in [-0.2, -0.15) is 18.1 Å². The Labute approximate surface area is 142 Å². The van der Waals surface area contributed by atoms with Gasteiger partial charge in [0.1, 0.15) is 0 Å². The number of hydrogen-bond donors (Lipinski definition) is 1. The van der Waals surface area contributed by atoms with Crippen molar-refractivity contribution in [3.63, 3.8) is 0 Å². The number of H-pyrrole nitrogens is 1. The van der Waals surface area contributed by atoms with E-state index in [2.05, 4.69) is 10.1 Å². The largest absolute Gasteiger partial charge is 0.345 e. The topological polar surface area (TPSA) is 88.1 Å². The Morgan fingerprint density at radius 1 is 1.25 bits per heavy atom. The van der Waals surface area contributed by atoms with Crippen molar-refractivity contribution in [1.29, 1.82) is 0 Å². The second-order valence-electron chi connectivity index (χ2n) is 5.34. The summed E-state index contributed by atoms with van der Waals surface area (Å²) in [6.07, 6.45) is 0.775. The lowest BCUT2D eigenvalue weighted by molar-refractivity contribution is 0.201. The van der Waals surface area contributed by atoms with Crippen LogP contribution in [0.2, 0.25) is 0 Å². The number of aryl methyl sites for hydroxylation is 2. The minimum atomic E-state index is -2.63. The predicted octanol–water partition coefficient (Wildman–Crippen LogP) is 2.47. The molecule has 130 valence electrons. The summed E-state index contributed by atoms with van der Waals surface area (Å²) in [6, 6.07) is 5.41. The summed E-state index contributed by atoms with van der Waals surface area (Å²) in [5.41, 5.74) is 2.83. The van der Waals surface area contributed by atoms with E-state index in [1.807, 2.05) is 45.9 Å². The third-order valence-electron chi connectivity index (χ3n) is 3.97. The van der Waals surface area contributed by atoms with Crippen LogP contribution in [0.15, 0.2) is 18.2 Å². The van der Waals surface area contributed by atoms with Crippen LogP contribution in [-0.2, 0) is 16.7 Å². The number of carbonyl (C=O) groups is 1. The smallest absolute Gasteiger partial charge is 0.323 e. The van der Waals surface area contributed by atoms with Crippen molar-refractivity contribution in [2.24, 2.45) is 0 Å². The molecule has 7 nitrogen and oxygen atoms in total. The molecule has 1 N–H and O–H groups in total.